The Kier molecular flexibility index (Phi) is 4.48. The van der Waals surface area contributed by atoms with Crippen LogP contribution in [0.2, 0.25) is 0 Å². The number of nitrogens with one attached hydrogen (secondary N) is 1. The second-order valence-electron chi connectivity index (χ2n) is 7.45. The molecule has 2 heterocycles. The molecule has 3 aliphatic rings. The van der Waals surface area contributed by atoms with Crippen LogP contribution in [-0.2, 0) is 0 Å². The molecular weight excluding hydrogens is 232 g/mol. The first kappa shape index (κ1) is 13.9. The van der Waals surface area contributed by atoms with Crippen molar-refractivity contribution >= 4 is 0 Å². The summed E-state index contributed by atoms with van der Waals surface area (Å²) in [6.45, 7) is 7.69. The summed E-state index contributed by atoms with van der Waals surface area (Å²) in [5, 5.41) is 3.66. The van der Waals surface area contributed by atoms with Crippen LogP contribution in [0.4, 0.5) is 0 Å². The second kappa shape index (κ2) is 6.13. The van der Waals surface area contributed by atoms with Crippen LogP contribution in [0.5, 0.6) is 0 Å². The van der Waals surface area contributed by atoms with Gasteiger partial charge in [-0.05, 0) is 62.9 Å². The molecule has 0 amide bonds. The van der Waals surface area contributed by atoms with E-state index in [1.807, 2.05) is 0 Å². The highest BCUT2D eigenvalue weighted by Gasteiger charge is 2.39. The van der Waals surface area contributed by atoms with Gasteiger partial charge in [-0.2, -0.15) is 0 Å². The smallest absolute Gasteiger partial charge is 0.00981 e. The predicted octanol–water partition coefficient (Wildman–Crippen LogP) is 3.42. The van der Waals surface area contributed by atoms with Gasteiger partial charge in [-0.3, -0.25) is 4.90 Å². The fraction of sp³-hybridized carbons (Fsp3) is 1.00. The maximum atomic E-state index is 3.66. The van der Waals surface area contributed by atoms with Gasteiger partial charge in [-0.25, -0.2) is 0 Å². The average molecular weight is 264 g/mol. The van der Waals surface area contributed by atoms with Gasteiger partial charge in [0, 0.05) is 19.1 Å². The summed E-state index contributed by atoms with van der Waals surface area (Å²) >= 11 is 0. The lowest BCUT2D eigenvalue weighted by atomic mass is 9.73. The summed E-state index contributed by atoms with van der Waals surface area (Å²) in [4.78, 5) is 2.89. The zero-order valence-corrected chi connectivity index (χ0v) is 12.8. The van der Waals surface area contributed by atoms with Crippen LogP contribution in [-0.4, -0.2) is 37.1 Å². The molecule has 0 aromatic heterocycles. The second-order valence-corrected chi connectivity index (χ2v) is 7.45. The quantitative estimate of drug-likeness (QED) is 0.822. The van der Waals surface area contributed by atoms with E-state index in [1.165, 1.54) is 84.0 Å². The third-order valence-corrected chi connectivity index (χ3v) is 6.10. The molecule has 0 radical (unpaired) electrons. The Morgan fingerprint density at radius 1 is 1.16 bits per heavy atom. The fourth-order valence-electron chi connectivity index (χ4n) is 4.90. The molecule has 110 valence electrons. The monoisotopic (exact) mass is 264 g/mol. The molecule has 1 saturated carbocycles. The molecule has 3 fully saturated rings. The van der Waals surface area contributed by atoms with Crippen LogP contribution in [0, 0.1) is 11.3 Å². The van der Waals surface area contributed by atoms with Gasteiger partial charge in [0.1, 0.15) is 0 Å². The molecule has 19 heavy (non-hydrogen) atoms. The van der Waals surface area contributed by atoms with E-state index in [0.717, 1.165) is 12.0 Å². The highest BCUT2D eigenvalue weighted by atomic mass is 15.2. The van der Waals surface area contributed by atoms with Gasteiger partial charge >= 0.3 is 0 Å². The Labute approximate surface area is 119 Å². The van der Waals surface area contributed by atoms with Crippen LogP contribution < -0.4 is 5.32 Å². The van der Waals surface area contributed by atoms with Crippen LogP contribution >= 0.6 is 0 Å². The van der Waals surface area contributed by atoms with Crippen molar-refractivity contribution in [2.75, 3.05) is 26.2 Å². The van der Waals surface area contributed by atoms with Gasteiger partial charge in [-0.1, -0.05) is 26.2 Å². The van der Waals surface area contributed by atoms with E-state index in [1.54, 1.807) is 0 Å². The molecule has 3 rings (SSSR count). The minimum absolute atomic E-state index is 0.635. The molecule has 0 bridgehead atoms. The molecule has 2 aliphatic heterocycles. The van der Waals surface area contributed by atoms with E-state index in [2.05, 4.69) is 17.1 Å². The van der Waals surface area contributed by atoms with Crippen LogP contribution in [0.3, 0.4) is 0 Å². The highest BCUT2D eigenvalue weighted by Crippen LogP contribution is 2.39. The maximum Gasteiger partial charge on any atom is 0.00981 e. The normalized spacial score (nSPS) is 41.5. The minimum atomic E-state index is 0.635. The molecule has 2 heteroatoms. The number of hydrogen-bond acceptors (Lipinski definition) is 2. The zero-order chi connectivity index (χ0) is 13.1. The summed E-state index contributed by atoms with van der Waals surface area (Å²) in [5.74, 6) is 1.01. The number of likely N-dealkylation sites (tertiary alicyclic amines) is 1. The SMILES string of the molecule is CCC1CCCC(N2CCCC3(CCCNC3)C2)C1. The Balaban J connectivity index is 1.61. The number of piperidine rings is 2. The van der Waals surface area contributed by atoms with Gasteiger partial charge in [0.15, 0.2) is 0 Å². The van der Waals surface area contributed by atoms with Crippen LogP contribution in [0.15, 0.2) is 0 Å². The molecule has 2 saturated heterocycles. The van der Waals surface area contributed by atoms with Crippen molar-refractivity contribution in [1.82, 2.24) is 10.2 Å². The summed E-state index contributed by atoms with van der Waals surface area (Å²) in [5.41, 5.74) is 0.635. The van der Waals surface area contributed by atoms with E-state index < -0.39 is 0 Å². The number of hydrogen-bond donors (Lipinski definition) is 1. The molecular formula is C17H32N2. The van der Waals surface area contributed by atoms with Crippen molar-refractivity contribution in [1.29, 1.82) is 0 Å². The van der Waals surface area contributed by atoms with E-state index in [9.17, 15) is 0 Å². The maximum absolute atomic E-state index is 3.66. The Hall–Kier alpha value is -0.0800. The predicted molar refractivity (Wildman–Crippen MR) is 81.4 cm³/mol. The number of nitrogens with zero attached hydrogens (tertiary/aromatic N) is 1. The first-order chi connectivity index (χ1) is 9.31. The molecule has 1 aliphatic carbocycles. The van der Waals surface area contributed by atoms with Crippen molar-refractivity contribution in [3.05, 3.63) is 0 Å². The lowest BCUT2D eigenvalue weighted by molar-refractivity contribution is 0.0188. The first-order valence-electron chi connectivity index (χ1n) is 8.76. The van der Waals surface area contributed by atoms with E-state index in [4.69, 9.17) is 0 Å². The summed E-state index contributed by atoms with van der Waals surface area (Å²) in [6.07, 6.45) is 13.1. The lowest BCUT2D eigenvalue weighted by Gasteiger charge is -2.49. The average Bonchev–Trinajstić information content (AvgIpc) is 2.48. The standard InChI is InChI=1S/C17H32N2/c1-2-15-6-3-7-16(12-15)19-11-5-9-17(14-19)8-4-10-18-13-17/h15-16,18H,2-14H2,1H3. The molecule has 1 spiro atoms. The van der Waals surface area contributed by atoms with Crippen molar-refractivity contribution in [3.63, 3.8) is 0 Å². The van der Waals surface area contributed by atoms with Gasteiger partial charge in [0.2, 0.25) is 0 Å². The first-order valence-corrected chi connectivity index (χ1v) is 8.76. The van der Waals surface area contributed by atoms with Gasteiger partial charge in [-0.15, -0.1) is 0 Å². The third kappa shape index (κ3) is 3.16. The summed E-state index contributed by atoms with van der Waals surface area (Å²) in [7, 11) is 0. The molecule has 2 nitrogen and oxygen atoms in total. The Morgan fingerprint density at radius 2 is 2.05 bits per heavy atom. The van der Waals surface area contributed by atoms with Crippen molar-refractivity contribution in [2.24, 2.45) is 11.3 Å². The van der Waals surface area contributed by atoms with Crippen molar-refractivity contribution in [2.45, 2.75) is 70.8 Å². The largest absolute Gasteiger partial charge is 0.316 e. The van der Waals surface area contributed by atoms with E-state index in [-0.39, 0.29) is 0 Å². The Bertz CT molecular complexity index is 277. The van der Waals surface area contributed by atoms with Gasteiger partial charge in [0.05, 0.1) is 0 Å². The van der Waals surface area contributed by atoms with Gasteiger partial charge < -0.3 is 5.32 Å². The number of rotatable bonds is 2. The zero-order valence-electron chi connectivity index (χ0n) is 12.8. The van der Waals surface area contributed by atoms with Crippen LogP contribution in [0.1, 0.15) is 64.7 Å². The molecule has 0 aromatic carbocycles. The third-order valence-electron chi connectivity index (χ3n) is 6.10. The minimum Gasteiger partial charge on any atom is -0.316 e. The Morgan fingerprint density at radius 3 is 2.84 bits per heavy atom. The molecule has 1 N–H and O–H groups in total. The molecule has 3 unspecified atom stereocenters. The van der Waals surface area contributed by atoms with Crippen molar-refractivity contribution in [3.8, 4) is 0 Å². The van der Waals surface area contributed by atoms with E-state index in [0.29, 0.717) is 5.41 Å². The fourth-order valence-corrected chi connectivity index (χ4v) is 4.90. The van der Waals surface area contributed by atoms with Crippen LogP contribution in [0.25, 0.3) is 0 Å². The molecule has 0 aromatic rings. The van der Waals surface area contributed by atoms with Crippen molar-refractivity contribution < 1.29 is 0 Å². The highest BCUT2D eigenvalue weighted by molar-refractivity contribution is 4.94. The summed E-state index contributed by atoms with van der Waals surface area (Å²) < 4.78 is 0. The lowest BCUT2D eigenvalue weighted by Crippen LogP contribution is -2.54. The van der Waals surface area contributed by atoms with Gasteiger partial charge in [0.25, 0.3) is 0 Å². The summed E-state index contributed by atoms with van der Waals surface area (Å²) in [6, 6.07) is 0.915. The topological polar surface area (TPSA) is 15.3 Å². The van der Waals surface area contributed by atoms with E-state index >= 15 is 0 Å². The molecule has 3 atom stereocenters.